The van der Waals surface area contributed by atoms with E-state index in [1.165, 1.54) is 4.88 Å². The highest BCUT2D eigenvalue weighted by Gasteiger charge is 2.12. The highest BCUT2D eigenvalue weighted by molar-refractivity contribution is 7.10. The van der Waals surface area contributed by atoms with Gasteiger partial charge in [0.1, 0.15) is 0 Å². The van der Waals surface area contributed by atoms with Crippen LogP contribution in [0.25, 0.3) is 0 Å². The standard InChI is InChI=1S/C8H13NOS/c1-5-3-7(4-11-5)8(9)6(2)10/h3-4,6,8,10H,9H2,1-2H3/t6-,8-/m1/s1. The fraction of sp³-hybridized carbons (Fsp3) is 0.500. The van der Waals surface area contributed by atoms with Crippen molar-refractivity contribution in [3.05, 3.63) is 21.9 Å². The summed E-state index contributed by atoms with van der Waals surface area (Å²) in [6.45, 7) is 3.74. The van der Waals surface area contributed by atoms with E-state index >= 15 is 0 Å². The molecule has 0 saturated heterocycles. The lowest BCUT2D eigenvalue weighted by Crippen LogP contribution is -2.22. The molecule has 1 aromatic heterocycles. The molecule has 0 unspecified atom stereocenters. The van der Waals surface area contributed by atoms with Gasteiger partial charge in [-0.15, -0.1) is 11.3 Å². The van der Waals surface area contributed by atoms with Crippen LogP contribution in [0, 0.1) is 6.92 Å². The number of aliphatic hydroxyl groups excluding tert-OH is 1. The summed E-state index contributed by atoms with van der Waals surface area (Å²) in [5, 5.41) is 11.2. The van der Waals surface area contributed by atoms with Crippen LogP contribution in [0.4, 0.5) is 0 Å². The molecule has 0 aliphatic carbocycles. The summed E-state index contributed by atoms with van der Waals surface area (Å²) >= 11 is 1.66. The topological polar surface area (TPSA) is 46.2 Å². The molecule has 0 amide bonds. The molecule has 0 aliphatic rings. The minimum atomic E-state index is -0.469. The maximum atomic E-state index is 9.16. The van der Waals surface area contributed by atoms with E-state index in [9.17, 15) is 0 Å². The summed E-state index contributed by atoms with van der Waals surface area (Å²) in [4.78, 5) is 1.23. The van der Waals surface area contributed by atoms with Gasteiger partial charge in [-0.2, -0.15) is 0 Å². The fourth-order valence-electron chi connectivity index (χ4n) is 0.917. The third-order valence-electron chi connectivity index (χ3n) is 1.66. The van der Waals surface area contributed by atoms with Crippen molar-refractivity contribution in [3.8, 4) is 0 Å². The molecule has 0 fully saturated rings. The van der Waals surface area contributed by atoms with Crippen LogP contribution in [0.15, 0.2) is 11.4 Å². The molecule has 0 spiro atoms. The molecule has 0 saturated carbocycles. The number of aliphatic hydroxyl groups is 1. The lowest BCUT2D eigenvalue weighted by molar-refractivity contribution is 0.164. The van der Waals surface area contributed by atoms with Crippen molar-refractivity contribution >= 4 is 11.3 Å². The van der Waals surface area contributed by atoms with E-state index in [0.717, 1.165) is 5.56 Å². The van der Waals surface area contributed by atoms with Crippen LogP contribution in [0.3, 0.4) is 0 Å². The monoisotopic (exact) mass is 171 g/mol. The third kappa shape index (κ3) is 2.02. The molecule has 0 radical (unpaired) electrons. The van der Waals surface area contributed by atoms with Gasteiger partial charge in [-0.3, -0.25) is 0 Å². The number of aryl methyl sites for hydroxylation is 1. The highest BCUT2D eigenvalue weighted by Crippen LogP contribution is 2.20. The Bertz CT molecular complexity index is 232. The summed E-state index contributed by atoms with van der Waals surface area (Å²) in [5.74, 6) is 0. The Morgan fingerprint density at radius 2 is 2.27 bits per heavy atom. The van der Waals surface area contributed by atoms with E-state index in [1.807, 2.05) is 18.4 Å². The largest absolute Gasteiger partial charge is 0.391 e. The van der Waals surface area contributed by atoms with Crippen molar-refractivity contribution in [2.45, 2.75) is 26.0 Å². The van der Waals surface area contributed by atoms with Gasteiger partial charge in [0.2, 0.25) is 0 Å². The molecule has 62 valence electrons. The van der Waals surface area contributed by atoms with E-state index in [2.05, 4.69) is 0 Å². The van der Waals surface area contributed by atoms with E-state index in [0.29, 0.717) is 0 Å². The Balaban J connectivity index is 2.76. The van der Waals surface area contributed by atoms with E-state index in [4.69, 9.17) is 10.8 Å². The Morgan fingerprint density at radius 1 is 1.64 bits per heavy atom. The second-order valence-electron chi connectivity index (χ2n) is 2.76. The molecule has 1 heterocycles. The van der Waals surface area contributed by atoms with E-state index in [-0.39, 0.29) is 6.04 Å². The average molecular weight is 171 g/mol. The van der Waals surface area contributed by atoms with E-state index in [1.54, 1.807) is 18.3 Å². The number of nitrogens with two attached hydrogens (primary N) is 1. The average Bonchev–Trinajstić information content (AvgIpc) is 2.34. The molecule has 0 bridgehead atoms. The first-order valence-corrected chi connectivity index (χ1v) is 4.48. The quantitative estimate of drug-likeness (QED) is 0.707. The molecule has 1 rings (SSSR count). The normalized spacial score (nSPS) is 16.4. The van der Waals surface area contributed by atoms with Crippen molar-refractivity contribution in [1.82, 2.24) is 0 Å². The van der Waals surface area contributed by atoms with Gasteiger partial charge in [0.05, 0.1) is 12.1 Å². The molecular weight excluding hydrogens is 158 g/mol. The predicted octanol–water partition coefficient (Wildman–Crippen LogP) is 1.44. The lowest BCUT2D eigenvalue weighted by atomic mass is 10.1. The van der Waals surface area contributed by atoms with Crippen LogP contribution in [0.5, 0.6) is 0 Å². The van der Waals surface area contributed by atoms with Crippen molar-refractivity contribution in [1.29, 1.82) is 0 Å². The minimum absolute atomic E-state index is 0.236. The van der Waals surface area contributed by atoms with Crippen molar-refractivity contribution < 1.29 is 5.11 Å². The Labute approximate surface area is 70.7 Å². The first kappa shape index (κ1) is 8.71. The van der Waals surface area contributed by atoms with Gasteiger partial charge < -0.3 is 10.8 Å². The Kier molecular flexibility index (Phi) is 2.65. The molecule has 1 aromatic rings. The minimum Gasteiger partial charge on any atom is -0.391 e. The van der Waals surface area contributed by atoms with Crippen LogP contribution in [0.1, 0.15) is 23.4 Å². The summed E-state index contributed by atoms with van der Waals surface area (Å²) in [6, 6.07) is 1.78. The number of rotatable bonds is 2. The van der Waals surface area contributed by atoms with Gasteiger partial charge in [-0.05, 0) is 30.9 Å². The van der Waals surface area contributed by atoms with Gasteiger partial charge in [-0.25, -0.2) is 0 Å². The smallest absolute Gasteiger partial charge is 0.0705 e. The van der Waals surface area contributed by atoms with Gasteiger partial charge in [0.15, 0.2) is 0 Å². The molecule has 2 nitrogen and oxygen atoms in total. The number of hydrogen-bond acceptors (Lipinski definition) is 3. The Morgan fingerprint density at radius 3 is 2.64 bits per heavy atom. The van der Waals surface area contributed by atoms with Gasteiger partial charge >= 0.3 is 0 Å². The first-order chi connectivity index (χ1) is 5.11. The molecule has 2 atom stereocenters. The zero-order valence-electron chi connectivity index (χ0n) is 6.74. The molecule has 0 aromatic carbocycles. The number of hydrogen-bond donors (Lipinski definition) is 2. The number of thiophene rings is 1. The van der Waals surface area contributed by atoms with Crippen molar-refractivity contribution in [2.24, 2.45) is 5.73 Å². The predicted molar refractivity (Wildman–Crippen MR) is 47.7 cm³/mol. The fourth-order valence-corrected chi connectivity index (χ4v) is 1.67. The van der Waals surface area contributed by atoms with Gasteiger partial charge in [0, 0.05) is 4.88 Å². The molecule has 3 N–H and O–H groups in total. The van der Waals surface area contributed by atoms with Gasteiger partial charge in [-0.1, -0.05) is 0 Å². The summed E-state index contributed by atoms with van der Waals surface area (Å²) in [5.41, 5.74) is 6.74. The van der Waals surface area contributed by atoms with E-state index < -0.39 is 6.10 Å². The zero-order chi connectivity index (χ0) is 8.43. The molecule has 3 heteroatoms. The van der Waals surface area contributed by atoms with Crippen molar-refractivity contribution in [3.63, 3.8) is 0 Å². The van der Waals surface area contributed by atoms with Crippen LogP contribution in [-0.4, -0.2) is 11.2 Å². The molecule has 0 aliphatic heterocycles. The molecular formula is C8H13NOS. The second-order valence-corrected chi connectivity index (χ2v) is 3.87. The maximum absolute atomic E-state index is 9.16. The van der Waals surface area contributed by atoms with Crippen LogP contribution >= 0.6 is 11.3 Å². The zero-order valence-corrected chi connectivity index (χ0v) is 7.56. The van der Waals surface area contributed by atoms with Crippen molar-refractivity contribution in [2.75, 3.05) is 0 Å². The van der Waals surface area contributed by atoms with Crippen LogP contribution in [-0.2, 0) is 0 Å². The first-order valence-electron chi connectivity index (χ1n) is 3.60. The third-order valence-corrected chi connectivity index (χ3v) is 2.54. The summed E-state index contributed by atoms with van der Waals surface area (Å²) in [6.07, 6.45) is -0.469. The van der Waals surface area contributed by atoms with Crippen LogP contribution in [0.2, 0.25) is 0 Å². The highest BCUT2D eigenvalue weighted by atomic mass is 32.1. The lowest BCUT2D eigenvalue weighted by Gasteiger charge is -2.12. The summed E-state index contributed by atoms with van der Waals surface area (Å²) < 4.78 is 0. The molecule has 11 heavy (non-hydrogen) atoms. The maximum Gasteiger partial charge on any atom is 0.0705 e. The SMILES string of the molecule is Cc1cc([C@H](N)[C@@H](C)O)cs1. The summed E-state index contributed by atoms with van der Waals surface area (Å²) in [7, 11) is 0. The second kappa shape index (κ2) is 3.34. The van der Waals surface area contributed by atoms with Gasteiger partial charge in [0.25, 0.3) is 0 Å². The van der Waals surface area contributed by atoms with Crippen LogP contribution < -0.4 is 5.73 Å². The Hall–Kier alpha value is -0.380.